The maximum absolute atomic E-state index is 13.2. The summed E-state index contributed by atoms with van der Waals surface area (Å²) in [6, 6.07) is 23.3. The lowest BCUT2D eigenvalue weighted by Gasteiger charge is -2.13. The molecular weight excluding hydrogens is 482 g/mol. The molecule has 178 valence electrons. The summed E-state index contributed by atoms with van der Waals surface area (Å²) in [5.74, 6) is -0.0284. The molecule has 0 aliphatic carbocycles. The lowest BCUT2D eigenvalue weighted by atomic mass is 10.0. The van der Waals surface area contributed by atoms with Crippen LogP contribution in [0.1, 0.15) is 11.1 Å². The topological polar surface area (TPSA) is 102 Å². The van der Waals surface area contributed by atoms with E-state index in [0.29, 0.717) is 22.0 Å². The van der Waals surface area contributed by atoms with Gasteiger partial charge < -0.3 is 10.1 Å². The van der Waals surface area contributed by atoms with Crippen molar-refractivity contribution >= 4 is 51.8 Å². The lowest BCUT2D eigenvalue weighted by molar-refractivity contribution is -0.384. The summed E-state index contributed by atoms with van der Waals surface area (Å²) in [4.78, 5) is 37.3. The fourth-order valence-electron chi connectivity index (χ4n) is 3.95. The highest BCUT2D eigenvalue weighted by Gasteiger charge is 2.35. The molecule has 0 atom stereocenters. The minimum Gasteiger partial charge on any atom is -0.488 e. The van der Waals surface area contributed by atoms with E-state index < -0.39 is 16.9 Å². The van der Waals surface area contributed by atoms with E-state index in [1.165, 1.54) is 12.1 Å². The molecule has 1 saturated heterocycles. The monoisotopic (exact) mass is 499 g/mol. The Labute approximate surface area is 210 Å². The van der Waals surface area contributed by atoms with Gasteiger partial charge in [-0.05, 0) is 58.8 Å². The minimum absolute atomic E-state index is 0.00498. The molecule has 0 unspecified atom stereocenters. The first-order valence-corrected chi connectivity index (χ1v) is 11.3. The molecule has 0 saturated carbocycles. The summed E-state index contributed by atoms with van der Waals surface area (Å²) < 4.78 is 6.06. The average molecular weight is 500 g/mol. The summed E-state index contributed by atoms with van der Waals surface area (Å²) in [6.07, 6.45) is 1.60. The van der Waals surface area contributed by atoms with E-state index >= 15 is 0 Å². The zero-order valence-corrected chi connectivity index (χ0v) is 19.4. The number of non-ortho nitro benzene ring substituents is 1. The van der Waals surface area contributed by atoms with Crippen LogP contribution in [0.25, 0.3) is 16.8 Å². The maximum Gasteiger partial charge on any atom is 0.333 e. The van der Waals surface area contributed by atoms with Crippen LogP contribution in [0.4, 0.5) is 16.2 Å². The fraction of sp³-hybridized carbons (Fsp3) is 0.0370. The predicted molar refractivity (Wildman–Crippen MR) is 137 cm³/mol. The molecular formula is C27H18ClN3O5. The molecule has 1 fully saturated rings. The molecule has 0 spiro atoms. The number of ether oxygens (including phenoxy) is 1. The molecule has 1 aliphatic rings. The number of nitrogens with zero attached hydrogens (tertiary/aromatic N) is 2. The van der Waals surface area contributed by atoms with Crippen LogP contribution >= 0.6 is 11.6 Å². The molecule has 9 heteroatoms. The smallest absolute Gasteiger partial charge is 0.333 e. The highest BCUT2D eigenvalue weighted by atomic mass is 35.5. The van der Waals surface area contributed by atoms with Gasteiger partial charge in [-0.25, -0.2) is 9.69 Å². The number of fused-ring (bicyclic) bond motifs is 1. The van der Waals surface area contributed by atoms with Crippen molar-refractivity contribution in [1.82, 2.24) is 5.32 Å². The Bertz CT molecular complexity index is 1550. The van der Waals surface area contributed by atoms with Gasteiger partial charge in [0.1, 0.15) is 18.1 Å². The van der Waals surface area contributed by atoms with Crippen molar-refractivity contribution in [2.75, 3.05) is 4.90 Å². The number of nitrogens with one attached hydrogen (secondary N) is 1. The van der Waals surface area contributed by atoms with Gasteiger partial charge in [0.25, 0.3) is 11.6 Å². The molecule has 4 aromatic carbocycles. The molecule has 1 aliphatic heterocycles. The van der Waals surface area contributed by atoms with Crippen molar-refractivity contribution in [1.29, 1.82) is 0 Å². The standard InChI is InChI=1S/C27H18ClN3O5/c28-19-5-3-6-21(14-19)30-26(32)24(29-27(30)33)15-23-22-7-2-1-4-18(22)10-13-25(23)36-16-17-8-11-20(12-9-17)31(34)35/h1-15H,16H2,(H,29,33)/b24-15+. The van der Waals surface area contributed by atoms with Crippen molar-refractivity contribution in [3.8, 4) is 5.75 Å². The molecule has 4 aromatic rings. The van der Waals surface area contributed by atoms with Gasteiger partial charge in [0.15, 0.2) is 0 Å². The highest BCUT2D eigenvalue weighted by molar-refractivity contribution is 6.32. The van der Waals surface area contributed by atoms with Gasteiger partial charge in [0.05, 0.1) is 10.6 Å². The molecule has 8 nitrogen and oxygen atoms in total. The zero-order valence-electron chi connectivity index (χ0n) is 18.7. The van der Waals surface area contributed by atoms with E-state index in [1.54, 1.807) is 48.5 Å². The van der Waals surface area contributed by atoms with Crippen LogP contribution in [0.2, 0.25) is 5.02 Å². The van der Waals surface area contributed by atoms with Crippen LogP contribution in [0.3, 0.4) is 0 Å². The number of benzene rings is 4. The molecule has 36 heavy (non-hydrogen) atoms. The number of anilines is 1. The number of amides is 3. The maximum atomic E-state index is 13.2. The summed E-state index contributed by atoms with van der Waals surface area (Å²) in [5.41, 5.74) is 1.81. The van der Waals surface area contributed by atoms with Crippen LogP contribution in [-0.4, -0.2) is 16.9 Å². The fourth-order valence-corrected chi connectivity index (χ4v) is 4.14. The van der Waals surface area contributed by atoms with Crippen molar-refractivity contribution < 1.29 is 19.2 Å². The Morgan fingerprint density at radius 2 is 1.75 bits per heavy atom. The molecule has 0 aromatic heterocycles. The first-order chi connectivity index (χ1) is 17.4. The van der Waals surface area contributed by atoms with E-state index in [9.17, 15) is 19.7 Å². The molecule has 1 heterocycles. The molecule has 5 rings (SSSR count). The van der Waals surface area contributed by atoms with Crippen LogP contribution < -0.4 is 15.0 Å². The number of hydrogen-bond donors (Lipinski definition) is 1. The van der Waals surface area contributed by atoms with Gasteiger partial charge in [-0.15, -0.1) is 0 Å². The lowest BCUT2D eigenvalue weighted by Crippen LogP contribution is -2.30. The van der Waals surface area contributed by atoms with Crippen LogP contribution in [0.5, 0.6) is 5.75 Å². The van der Waals surface area contributed by atoms with Crippen molar-refractivity contribution in [2.24, 2.45) is 0 Å². The van der Waals surface area contributed by atoms with Gasteiger partial charge in [0, 0.05) is 22.7 Å². The number of halogens is 1. The summed E-state index contributed by atoms with van der Waals surface area (Å²) in [7, 11) is 0. The summed E-state index contributed by atoms with van der Waals surface area (Å²) in [5, 5.41) is 15.7. The Balaban J connectivity index is 1.50. The second kappa shape index (κ2) is 9.52. The summed E-state index contributed by atoms with van der Waals surface area (Å²) >= 11 is 6.05. The predicted octanol–water partition coefficient (Wildman–Crippen LogP) is 6.08. The van der Waals surface area contributed by atoms with Crippen molar-refractivity contribution in [3.05, 3.63) is 117 Å². The first-order valence-electron chi connectivity index (χ1n) is 10.9. The van der Waals surface area contributed by atoms with Gasteiger partial charge >= 0.3 is 6.03 Å². The SMILES string of the molecule is O=C1N/C(=C/c2c(OCc3ccc([N+](=O)[O-])cc3)ccc3ccccc23)C(=O)N1c1cccc(Cl)c1. The average Bonchev–Trinajstić information content (AvgIpc) is 3.16. The van der Waals surface area contributed by atoms with Crippen molar-refractivity contribution in [3.63, 3.8) is 0 Å². The zero-order chi connectivity index (χ0) is 25.2. The normalized spacial score (nSPS) is 14.4. The van der Waals surface area contributed by atoms with Gasteiger partial charge in [-0.1, -0.05) is 48.0 Å². The number of nitro benzene ring substituents is 1. The second-order valence-electron chi connectivity index (χ2n) is 8.02. The van der Waals surface area contributed by atoms with Gasteiger partial charge in [0.2, 0.25) is 0 Å². The molecule has 0 radical (unpaired) electrons. The third-order valence-corrected chi connectivity index (χ3v) is 5.94. The van der Waals surface area contributed by atoms with E-state index in [0.717, 1.165) is 21.2 Å². The minimum atomic E-state index is -0.581. The third-order valence-electron chi connectivity index (χ3n) is 5.71. The highest BCUT2D eigenvalue weighted by Crippen LogP contribution is 2.32. The number of urea groups is 1. The second-order valence-corrected chi connectivity index (χ2v) is 8.46. The quantitative estimate of drug-likeness (QED) is 0.150. The van der Waals surface area contributed by atoms with E-state index in [4.69, 9.17) is 16.3 Å². The number of imide groups is 1. The van der Waals surface area contributed by atoms with E-state index in [2.05, 4.69) is 5.32 Å². The number of hydrogen-bond acceptors (Lipinski definition) is 5. The Morgan fingerprint density at radius 1 is 0.972 bits per heavy atom. The van der Waals surface area contributed by atoms with E-state index in [1.807, 2.05) is 30.3 Å². The largest absolute Gasteiger partial charge is 0.488 e. The van der Waals surface area contributed by atoms with Gasteiger partial charge in [-0.3, -0.25) is 14.9 Å². The van der Waals surface area contributed by atoms with Crippen LogP contribution in [-0.2, 0) is 11.4 Å². The number of nitro groups is 1. The molecule has 3 amide bonds. The Hall–Kier alpha value is -4.69. The number of carbonyl (C=O) groups is 2. The van der Waals surface area contributed by atoms with Crippen molar-refractivity contribution in [2.45, 2.75) is 6.61 Å². The van der Waals surface area contributed by atoms with Crippen LogP contribution in [0.15, 0.2) is 90.6 Å². The summed E-state index contributed by atoms with van der Waals surface area (Å²) in [6.45, 7) is 0.154. The Morgan fingerprint density at radius 3 is 2.50 bits per heavy atom. The first kappa shape index (κ1) is 23.1. The third kappa shape index (κ3) is 4.49. The number of carbonyl (C=O) groups excluding carboxylic acids is 2. The van der Waals surface area contributed by atoms with Crippen LogP contribution in [0, 0.1) is 10.1 Å². The van der Waals surface area contributed by atoms with E-state index in [-0.39, 0.29) is 18.0 Å². The molecule has 0 bridgehead atoms. The van der Waals surface area contributed by atoms with Gasteiger partial charge in [-0.2, -0.15) is 0 Å². The number of rotatable bonds is 6. The molecule has 1 N–H and O–H groups in total. The Kier molecular flexibility index (Phi) is 6.10.